The molecule has 0 aromatic heterocycles. The van der Waals surface area contributed by atoms with Crippen molar-refractivity contribution in [3.63, 3.8) is 0 Å². The highest BCUT2D eigenvalue weighted by Crippen LogP contribution is 2.32. The summed E-state index contributed by atoms with van der Waals surface area (Å²) in [6.45, 7) is 0. The van der Waals surface area contributed by atoms with E-state index in [0.29, 0.717) is 17.3 Å². The summed E-state index contributed by atoms with van der Waals surface area (Å²) in [5.74, 6) is 1.72. The molecule has 0 aliphatic carbocycles. The molecule has 0 spiro atoms. The molecule has 150 valence electrons. The largest absolute Gasteiger partial charge is 0.497 e. The van der Waals surface area contributed by atoms with Crippen molar-refractivity contribution in [2.45, 2.75) is 0 Å². The van der Waals surface area contributed by atoms with Gasteiger partial charge in [-0.15, -0.1) is 0 Å². The Hall–Kier alpha value is -3.38. The summed E-state index contributed by atoms with van der Waals surface area (Å²) in [5.41, 5.74) is 2.67. The minimum Gasteiger partial charge on any atom is -0.497 e. The molecular formula is C24H19BrN2O3. The van der Waals surface area contributed by atoms with E-state index in [2.05, 4.69) is 15.9 Å². The van der Waals surface area contributed by atoms with Crippen molar-refractivity contribution in [1.82, 2.24) is 0 Å². The van der Waals surface area contributed by atoms with Crippen LogP contribution in [0.1, 0.15) is 11.1 Å². The second-order valence-corrected chi connectivity index (χ2v) is 7.47. The van der Waals surface area contributed by atoms with E-state index in [1.807, 2.05) is 72.8 Å². The Bertz CT molecular complexity index is 1150. The molecule has 1 amide bonds. The molecule has 1 aliphatic rings. The third-order valence-corrected chi connectivity index (χ3v) is 5.19. The van der Waals surface area contributed by atoms with E-state index in [1.165, 1.54) is 0 Å². The molecule has 0 N–H and O–H groups in total. The number of carbonyl (C=O) groups excluding carboxylic acids is 1. The third-order valence-electron chi connectivity index (χ3n) is 4.69. The standard InChI is InChI=1S/C24H19BrN2O3/c1-29-19-12-10-16(11-13-19)14-21-24(28)27(18-7-5-6-17(25)15-18)23(26-21)20-8-3-4-9-22(20)30-2/h3-15H,1-2H3/b21-14+. The molecule has 30 heavy (non-hydrogen) atoms. The van der Waals surface area contributed by atoms with Crippen molar-refractivity contribution >= 4 is 39.4 Å². The van der Waals surface area contributed by atoms with Gasteiger partial charge in [0.15, 0.2) is 5.84 Å². The van der Waals surface area contributed by atoms with Gasteiger partial charge in [-0.05, 0) is 54.1 Å². The van der Waals surface area contributed by atoms with Gasteiger partial charge in [0.05, 0.1) is 25.5 Å². The van der Waals surface area contributed by atoms with Crippen molar-refractivity contribution in [1.29, 1.82) is 0 Å². The molecular weight excluding hydrogens is 444 g/mol. The molecule has 0 saturated carbocycles. The molecule has 1 heterocycles. The minimum atomic E-state index is -0.204. The smallest absolute Gasteiger partial charge is 0.282 e. The quantitative estimate of drug-likeness (QED) is 0.483. The normalized spacial score (nSPS) is 14.8. The van der Waals surface area contributed by atoms with Crippen molar-refractivity contribution < 1.29 is 14.3 Å². The average Bonchev–Trinajstić information content (AvgIpc) is 3.10. The lowest BCUT2D eigenvalue weighted by Crippen LogP contribution is -2.32. The number of amides is 1. The molecule has 3 aromatic carbocycles. The summed E-state index contributed by atoms with van der Waals surface area (Å²) < 4.78 is 11.6. The molecule has 0 radical (unpaired) electrons. The van der Waals surface area contributed by atoms with E-state index in [1.54, 1.807) is 25.2 Å². The van der Waals surface area contributed by atoms with Gasteiger partial charge in [0.1, 0.15) is 17.2 Å². The van der Waals surface area contributed by atoms with Crippen LogP contribution in [0.2, 0.25) is 0 Å². The Balaban J connectivity index is 1.84. The Morgan fingerprint density at radius 3 is 2.40 bits per heavy atom. The predicted molar refractivity (Wildman–Crippen MR) is 122 cm³/mol. The topological polar surface area (TPSA) is 51.1 Å². The van der Waals surface area contributed by atoms with Crippen molar-refractivity contribution in [2.24, 2.45) is 4.99 Å². The second-order valence-electron chi connectivity index (χ2n) is 6.56. The van der Waals surface area contributed by atoms with Crippen LogP contribution >= 0.6 is 15.9 Å². The highest BCUT2D eigenvalue weighted by Gasteiger charge is 2.33. The first-order valence-corrected chi connectivity index (χ1v) is 10.1. The van der Waals surface area contributed by atoms with Gasteiger partial charge in [0.25, 0.3) is 5.91 Å². The van der Waals surface area contributed by atoms with Gasteiger partial charge in [-0.3, -0.25) is 9.69 Å². The Morgan fingerprint density at radius 2 is 1.70 bits per heavy atom. The number of benzene rings is 3. The molecule has 6 heteroatoms. The van der Waals surface area contributed by atoms with E-state index in [4.69, 9.17) is 14.5 Å². The molecule has 1 aliphatic heterocycles. The first-order valence-electron chi connectivity index (χ1n) is 9.28. The number of carbonyl (C=O) groups is 1. The van der Waals surface area contributed by atoms with Gasteiger partial charge in [0.2, 0.25) is 0 Å². The number of ether oxygens (including phenoxy) is 2. The SMILES string of the molecule is COc1ccc(/C=C2/N=C(c3ccccc3OC)N(c3cccc(Br)c3)C2=O)cc1. The number of hydrogen-bond donors (Lipinski definition) is 0. The maximum atomic E-state index is 13.4. The number of anilines is 1. The number of amidine groups is 1. The van der Waals surface area contributed by atoms with Gasteiger partial charge in [-0.2, -0.15) is 0 Å². The van der Waals surface area contributed by atoms with Crippen LogP contribution in [0.5, 0.6) is 11.5 Å². The van der Waals surface area contributed by atoms with Crippen LogP contribution in [0.15, 0.2) is 88.0 Å². The van der Waals surface area contributed by atoms with Crippen LogP contribution in [-0.4, -0.2) is 26.0 Å². The summed E-state index contributed by atoms with van der Waals surface area (Å²) in [4.78, 5) is 19.7. The summed E-state index contributed by atoms with van der Waals surface area (Å²) in [6.07, 6.45) is 1.77. The lowest BCUT2D eigenvalue weighted by Gasteiger charge is -2.20. The van der Waals surface area contributed by atoms with Gasteiger partial charge in [-0.1, -0.05) is 46.3 Å². The van der Waals surface area contributed by atoms with E-state index in [9.17, 15) is 4.79 Å². The monoisotopic (exact) mass is 462 g/mol. The van der Waals surface area contributed by atoms with Crippen LogP contribution in [0.4, 0.5) is 5.69 Å². The lowest BCUT2D eigenvalue weighted by molar-refractivity contribution is -0.113. The van der Waals surface area contributed by atoms with Gasteiger partial charge < -0.3 is 9.47 Å². The second kappa shape index (κ2) is 8.55. The molecule has 4 rings (SSSR count). The fourth-order valence-electron chi connectivity index (χ4n) is 3.24. The van der Waals surface area contributed by atoms with Gasteiger partial charge in [0, 0.05) is 4.47 Å². The van der Waals surface area contributed by atoms with Crippen LogP contribution in [-0.2, 0) is 4.79 Å². The highest BCUT2D eigenvalue weighted by molar-refractivity contribution is 9.10. The van der Waals surface area contributed by atoms with E-state index in [0.717, 1.165) is 27.0 Å². The maximum Gasteiger partial charge on any atom is 0.282 e. The lowest BCUT2D eigenvalue weighted by atomic mass is 10.1. The van der Waals surface area contributed by atoms with Gasteiger partial charge in [-0.25, -0.2) is 4.99 Å². The summed E-state index contributed by atoms with van der Waals surface area (Å²) >= 11 is 3.49. The van der Waals surface area contributed by atoms with E-state index < -0.39 is 0 Å². The fraction of sp³-hybridized carbons (Fsp3) is 0.0833. The zero-order valence-electron chi connectivity index (χ0n) is 16.5. The Kier molecular flexibility index (Phi) is 5.68. The fourth-order valence-corrected chi connectivity index (χ4v) is 3.63. The number of para-hydroxylation sites is 1. The number of methoxy groups -OCH3 is 2. The maximum absolute atomic E-state index is 13.4. The minimum absolute atomic E-state index is 0.204. The molecule has 0 atom stereocenters. The predicted octanol–water partition coefficient (Wildman–Crippen LogP) is 5.30. The first-order chi connectivity index (χ1) is 14.6. The van der Waals surface area contributed by atoms with Crippen molar-refractivity contribution in [2.75, 3.05) is 19.1 Å². The molecule has 5 nitrogen and oxygen atoms in total. The Labute approximate surface area is 183 Å². The number of halogens is 1. The van der Waals surface area contributed by atoms with E-state index >= 15 is 0 Å². The average molecular weight is 463 g/mol. The third kappa shape index (κ3) is 3.86. The van der Waals surface area contributed by atoms with Crippen LogP contribution in [0.25, 0.3) is 6.08 Å². The van der Waals surface area contributed by atoms with Crippen LogP contribution < -0.4 is 14.4 Å². The first kappa shape index (κ1) is 19.9. The molecule has 0 unspecified atom stereocenters. The number of hydrogen-bond acceptors (Lipinski definition) is 4. The zero-order valence-corrected chi connectivity index (χ0v) is 18.1. The molecule has 0 saturated heterocycles. The van der Waals surface area contributed by atoms with E-state index in [-0.39, 0.29) is 5.91 Å². The van der Waals surface area contributed by atoms with Crippen LogP contribution in [0.3, 0.4) is 0 Å². The zero-order chi connectivity index (χ0) is 21.1. The number of nitrogens with zero attached hydrogens (tertiary/aromatic N) is 2. The molecule has 3 aromatic rings. The number of rotatable bonds is 5. The van der Waals surface area contributed by atoms with Crippen molar-refractivity contribution in [3.05, 3.63) is 94.1 Å². The number of aliphatic imine (C=N–C) groups is 1. The summed E-state index contributed by atoms with van der Waals surface area (Å²) in [7, 11) is 3.22. The highest BCUT2D eigenvalue weighted by atomic mass is 79.9. The molecule has 0 bridgehead atoms. The van der Waals surface area contributed by atoms with Crippen molar-refractivity contribution in [3.8, 4) is 11.5 Å². The van der Waals surface area contributed by atoms with Gasteiger partial charge >= 0.3 is 0 Å². The summed E-state index contributed by atoms with van der Waals surface area (Å²) in [5, 5.41) is 0. The van der Waals surface area contributed by atoms with Crippen LogP contribution in [0, 0.1) is 0 Å². The summed E-state index contributed by atoms with van der Waals surface area (Å²) in [6, 6.07) is 22.6. The Morgan fingerprint density at radius 1 is 0.933 bits per heavy atom. The molecule has 0 fully saturated rings.